The van der Waals surface area contributed by atoms with Gasteiger partial charge in [-0.2, -0.15) is 0 Å². The van der Waals surface area contributed by atoms with Crippen molar-refractivity contribution in [1.29, 1.82) is 0 Å². The number of aliphatic hydroxyl groups excluding tert-OH is 1. The van der Waals surface area contributed by atoms with Crippen molar-refractivity contribution in [2.75, 3.05) is 0 Å². The average Bonchev–Trinajstić information content (AvgIpc) is 1.99. The summed E-state index contributed by atoms with van der Waals surface area (Å²) in [7, 11) is 0. The molecule has 0 spiro atoms. The zero-order valence-corrected chi connectivity index (χ0v) is 8.67. The molecule has 0 amide bonds. The summed E-state index contributed by atoms with van der Waals surface area (Å²) in [6.45, 7) is 3.70. The summed E-state index contributed by atoms with van der Waals surface area (Å²) in [6.07, 6.45) is 1.35. The molecule has 1 N–H and O–H groups in total. The molecule has 0 saturated carbocycles. The first-order chi connectivity index (χ1) is 6.08. The molecule has 0 bridgehead atoms. The van der Waals surface area contributed by atoms with Crippen LogP contribution in [-0.4, -0.2) is 16.2 Å². The molecule has 2 nitrogen and oxygen atoms in total. The molecule has 0 fully saturated rings. The normalized spacial score (nSPS) is 12.9. The lowest BCUT2D eigenvalue weighted by atomic mass is 10.1. The average molecular weight is 200 g/mol. The Morgan fingerprint density at radius 2 is 2.23 bits per heavy atom. The Balaban J connectivity index is 2.66. The van der Waals surface area contributed by atoms with E-state index in [0.717, 1.165) is 24.1 Å². The third kappa shape index (κ3) is 3.75. The second-order valence-electron chi connectivity index (χ2n) is 3.33. The number of hydrogen-bond acceptors (Lipinski definition) is 2. The maximum Gasteiger partial charge on any atom is 0.129 e. The molecular weight excluding hydrogens is 186 g/mol. The summed E-state index contributed by atoms with van der Waals surface area (Å²) >= 11 is 5.79. The fourth-order valence-electron chi connectivity index (χ4n) is 1.22. The summed E-state index contributed by atoms with van der Waals surface area (Å²) in [4.78, 5) is 4.06. The third-order valence-corrected chi connectivity index (χ3v) is 2.03. The quantitative estimate of drug-likeness (QED) is 0.759. The molecule has 0 aliphatic heterocycles. The van der Waals surface area contributed by atoms with Crippen molar-refractivity contribution in [3.8, 4) is 0 Å². The molecule has 0 aromatic carbocycles. The molecule has 1 heterocycles. The zero-order valence-electron chi connectivity index (χ0n) is 7.92. The Morgan fingerprint density at radius 1 is 1.54 bits per heavy atom. The van der Waals surface area contributed by atoms with E-state index in [0.29, 0.717) is 5.15 Å². The highest BCUT2D eigenvalue weighted by Gasteiger charge is 2.00. The van der Waals surface area contributed by atoms with Gasteiger partial charge in [0.15, 0.2) is 0 Å². The molecule has 0 aliphatic carbocycles. The van der Waals surface area contributed by atoms with Gasteiger partial charge in [-0.3, -0.25) is 0 Å². The van der Waals surface area contributed by atoms with Gasteiger partial charge in [-0.25, -0.2) is 4.98 Å². The highest BCUT2D eigenvalue weighted by molar-refractivity contribution is 6.29. The van der Waals surface area contributed by atoms with Crippen molar-refractivity contribution in [3.05, 3.63) is 28.5 Å². The molecule has 1 aromatic heterocycles. The number of aryl methyl sites for hydroxylation is 2. The van der Waals surface area contributed by atoms with E-state index < -0.39 is 0 Å². The van der Waals surface area contributed by atoms with Crippen molar-refractivity contribution >= 4 is 11.6 Å². The standard InChI is InChI=1S/C10H14ClNO/c1-7-5-9(4-3-8(2)13)6-10(11)12-7/h5-6,8,13H,3-4H2,1-2H3/t8-/m0/s1. The highest BCUT2D eigenvalue weighted by Crippen LogP contribution is 2.12. The van der Waals surface area contributed by atoms with Gasteiger partial charge in [0.25, 0.3) is 0 Å². The van der Waals surface area contributed by atoms with Crippen molar-refractivity contribution in [2.45, 2.75) is 32.8 Å². The Hall–Kier alpha value is -0.600. The van der Waals surface area contributed by atoms with E-state index in [1.54, 1.807) is 6.92 Å². The van der Waals surface area contributed by atoms with Crippen LogP contribution < -0.4 is 0 Å². The van der Waals surface area contributed by atoms with Gasteiger partial charge in [0.2, 0.25) is 0 Å². The lowest BCUT2D eigenvalue weighted by Gasteiger charge is -2.05. The van der Waals surface area contributed by atoms with Gasteiger partial charge in [-0.15, -0.1) is 0 Å². The smallest absolute Gasteiger partial charge is 0.129 e. The van der Waals surface area contributed by atoms with Crippen LogP contribution in [0.15, 0.2) is 12.1 Å². The minimum atomic E-state index is -0.257. The maximum atomic E-state index is 9.10. The van der Waals surface area contributed by atoms with Gasteiger partial charge in [-0.1, -0.05) is 11.6 Å². The van der Waals surface area contributed by atoms with Gasteiger partial charge >= 0.3 is 0 Å². The number of hydrogen-bond donors (Lipinski definition) is 1. The predicted molar refractivity (Wildman–Crippen MR) is 54.0 cm³/mol. The summed E-state index contributed by atoms with van der Waals surface area (Å²) < 4.78 is 0. The first kappa shape index (κ1) is 10.5. The minimum Gasteiger partial charge on any atom is -0.393 e. The molecule has 0 unspecified atom stereocenters. The van der Waals surface area contributed by atoms with Crippen molar-refractivity contribution in [2.24, 2.45) is 0 Å². The molecule has 1 aromatic rings. The van der Waals surface area contributed by atoms with Gasteiger partial charge in [0.05, 0.1) is 6.10 Å². The number of aliphatic hydroxyl groups is 1. The van der Waals surface area contributed by atoms with Crippen LogP contribution in [-0.2, 0) is 6.42 Å². The molecule has 0 saturated heterocycles. The number of aromatic nitrogens is 1. The molecule has 1 rings (SSSR count). The largest absolute Gasteiger partial charge is 0.393 e. The van der Waals surface area contributed by atoms with E-state index in [4.69, 9.17) is 16.7 Å². The Morgan fingerprint density at radius 3 is 2.77 bits per heavy atom. The number of pyridine rings is 1. The number of halogens is 1. The minimum absolute atomic E-state index is 0.257. The molecule has 13 heavy (non-hydrogen) atoms. The van der Waals surface area contributed by atoms with E-state index in [-0.39, 0.29) is 6.10 Å². The van der Waals surface area contributed by atoms with Crippen LogP contribution >= 0.6 is 11.6 Å². The number of rotatable bonds is 3. The lowest BCUT2D eigenvalue weighted by Crippen LogP contribution is -2.01. The van der Waals surface area contributed by atoms with Crippen LogP contribution in [0.1, 0.15) is 24.6 Å². The number of nitrogens with zero attached hydrogens (tertiary/aromatic N) is 1. The third-order valence-electron chi connectivity index (χ3n) is 1.83. The van der Waals surface area contributed by atoms with E-state index in [9.17, 15) is 0 Å². The van der Waals surface area contributed by atoms with Crippen LogP contribution in [0, 0.1) is 6.92 Å². The van der Waals surface area contributed by atoms with Crippen LogP contribution in [0.2, 0.25) is 5.15 Å². The van der Waals surface area contributed by atoms with E-state index >= 15 is 0 Å². The second-order valence-corrected chi connectivity index (χ2v) is 3.71. The van der Waals surface area contributed by atoms with Crippen LogP contribution in [0.4, 0.5) is 0 Å². The Kier molecular flexibility index (Phi) is 3.70. The lowest BCUT2D eigenvalue weighted by molar-refractivity contribution is 0.185. The monoisotopic (exact) mass is 199 g/mol. The van der Waals surface area contributed by atoms with E-state index in [2.05, 4.69) is 4.98 Å². The topological polar surface area (TPSA) is 33.1 Å². The van der Waals surface area contributed by atoms with Crippen LogP contribution in [0.25, 0.3) is 0 Å². The summed E-state index contributed by atoms with van der Waals surface area (Å²) in [5.74, 6) is 0. The first-order valence-corrected chi connectivity index (χ1v) is 4.77. The highest BCUT2D eigenvalue weighted by atomic mass is 35.5. The van der Waals surface area contributed by atoms with Gasteiger partial charge < -0.3 is 5.11 Å². The molecule has 3 heteroatoms. The Labute approximate surface area is 83.6 Å². The van der Waals surface area contributed by atoms with E-state index in [1.807, 2.05) is 19.1 Å². The molecule has 0 radical (unpaired) electrons. The van der Waals surface area contributed by atoms with Gasteiger partial charge in [0.1, 0.15) is 5.15 Å². The van der Waals surface area contributed by atoms with Crippen molar-refractivity contribution in [3.63, 3.8) is 0 Å². The Bertz CT molecular complexity index is 266. The van der Waals surface area contributed by atoms with Crippen LogP contribution in [0.5, 0.6) is 0 Å². The summed E-state index contributed by atoms with van der Waals surface area (Å²) in [6, 6.07) is 3.84. The fourth-order valence-corrected chi connectivity index (χ4v) is 1.49. The molecule has 72 valence electrons. The fraction of sp³-hybridized carbons (Fsp3) is 0.500. The summed E-state index contributed by atoms with van der Waals surface area (Å²) in [5, 5.41) is 9.63. The molecular formula is C10H14ClNO. The zero-order chi connectivity index (χ0) is 9.84. The molecule has 0 aliphatic rings. The maximum absolute atomic E-state index is 9.10. The molecule has 1 atom stereocenters. The predicted octanol–water partition coefficient (Wildman–Crippen LogP) is 2.36. The summed E-state index contributed by atoms with van der Waals surface area (Å²) in [5.41, 5.74) is 2.06. The van der Waals surface area contributed by atoms with Crippen LogP contribution in [0.3, 0.4) is 0 Å². The van der Waals surface area contributed by atoms with Gasteiger partial charge in [-0.05, 0) is 44.4 Å². The van der Waals surface area contributed by atoms with Crippen molar-refractivity contribution in [1.82, 2.24) is 4.98 Å². The first-order valence-electron chi connectivity index (χ1n) is 4.39. The van der Waals surface area contributed by atoms with Gasteiger partial charge in [0, 0.05) is 5.69 Å². The SMILES string of the molecule is Cc1cc(CC[C@H](C)O)cc(Cl)n1. The van der Waals surface area contributed by atoms with E-state index in [1.165, 1.54) is 0 Å². The van der Waals surface area contributed by atoms with Crippen molar-refractivity contribution < 1.29 is 5.11 Å². The second kappa shape index (κ2) is 4.58.